The highest BCUT2D eigenvalue weighted by molar-refractivity contribution is 5.85. The summed E-state index contributed by atoms with van der Waals surface area (Å²) >= 11 is 0. The van der Waals surface area contributed by atoms with E-state index in [1.54, 1.807) is 0 Å². The first-order chi connectivity index (χ1) is 10.7. The molecular weight excluding hydrogens is 304 g/mol. The number of carbonyl (C=O) groups excluding carboxylic acids is 2. The van der Waals surface area contributed by atoms with Crippen molar-refractivity contribution in [3.63, 3.8) is 0 Å². The second-order valence-electron chi connectivity index (χ2n) is 5.13. The molecule has 0 aromatic rings. The first kappa shape index (κ1) is 20.4. The summed E-state index contributed by atoms with van der Waals surface area (Å²) in [6.07, 6.45) is 1.73. The Labute approximate surface area is 134 Å². The zero-order valence-electron chi connectivity index (χ0n) is 13.1. The van der Waals surface area contributed by atoms with Crippen molar-refractivity contribution in [1.82, 2.24) is 5.32 Å². The van der Waals surface area contributed by atoms with E-state index in [0.717, 1.165) is 0 Å². The SMILES string of the molecule is NC(N)=[NH+]CCCC([NH3+])C(=O)NC(CCC[NH+]=C(N)N)C(=O)[O-]. The van der Waals surface area contributed by atoms with Gasteiger partial charge in [0.25, 0.3) is 5.91 Å². The van der Waals surface area contributed by atoms with Crippen molar-refractivity contribution in [2.75, 3.05) is 13.1 Å². The maximum Gasteiger partial charge on any atom is 0.338 e. The lowest BCUT2D eigenvalue weighted by Gasteiger charge is -2.20. The van der Waals surface area contributed by atoms with Crippen LogP contribution in [0.5, 0.6) is 0 Å². The average molecular weight is 332 g/mol. The molecule has 0 aliphatic rings. The average Bonchev–Trinajstić information content (AvgIpc) is 2.45. The van der Waals surface area contributed by atoms with Crippen LogP contribution in [0.25, 0.3) is 0 Å². The summed E-state index contributed by atoms with van der Waals surface area (Å²) in [5.41, 5.74) is 24.6. The molecule has 23 heavy (non-hydrogen) atoms. The molecule has 0 heterocycles. The summed E-state index contributed by atoms with van der Waals surface area (Å²) in [5, 5.41) is 13.5. The van der Waals surface area contributed by atoms with Gasteiger partial charge in [0.05, 0.1) is 25.1 Å². The molecule has 0 fully saturated rings. The molecule has 0 saturated heterocycles. The number of nitrogens with one attached hydrogen (secondary N) is 3. The van der Waals surface area contributed by atoms with Crippen molar-refractivity contribution in [1.29, 1.82) is 0 Å². The van der Waals surface area contributed by atoms with Crippen LogP contribution in [0.2, 0.25) is 0 Å². The molecule has 0 aromatic carbocycles. The summed E-state index contributed by atoms with van der Waals surface area (Å²) in [6, 6.07) is -1.66. The minimum absolute atomic E-state index is 0.0563. The highest BCUT2D eigenvalue weighted by atomic mass is 16.4. The number of carbonyl (C=O) groups is 2. The molecule has 2 atom stereocenters. The molecule has 14 N–H and O–H groups in total. The Morgan fingerprint density at radius 2 is 1.48 bits per heavy atom. The van der Waals surface area contributed by atoms with Crippen LogP contribution < -0.4 is 49.1 Å². The Bertz CT molecular complexity index is 444. The number of guanidine groups is 2. The normalized spacial score (nSPS) is 12.7. The predicted octanol–water partition coefficient (Wildman–Crippen LogP) is -8.90. The van der Waals surface area contributed by atoms with Crippen LogP contribution in [0.3, 0.4) is 0 Å². The molecule has 0 spiro atoms. The van der Waals surface area contributed by atoms with Crippen molar-refractivity contribution in [2.45, 2.75) is 37.8 Å². The van der Waals surface area contributed by atoms with Gasteiger partial charge < -0.3 is 21.0 Å². The van der Waals surface area contributed by atoms with Crippen LogP contribution in [0.1, 0.15) is 25.7 Å². The number of amides is 1. The summed E-state index contributed by atoms with van der Waals surface area (Å²) in [6.45, 7) is 0.909. The molecule has 0 rings (SSSR count). The van der Waals surface area contributed by atoms with E-state index in [0.29, 0.717) is 32.4 Å². The molecule has 0 aromatic heterocycles. The van der Waals surface area contributed by atoms with Gasteiger partial charge in [0.15, 0.2) is 6.04 Å². The van der Waals surface area contributed by atoms with E-state index in [1.807, 2.05) is 0 Å². The molecule has 1 amide bonds. The summed E-state index contributed by atoms with van der Waals surface area (Å²) in [7, 11) is 0. The smallest absolute Gasteiger partial charge is 0.338 e. The van der Waals surface area contributed by atoms with Crippen LogP contribution in [-0.2, 0) is 9.59 Å². The van der Waals surface area contributed by atoms with Gasteiger partial charge in [-0.15, -0.1) is 0 Å². The van der Waals surface area contributed by atoms with Gasteiger partial charge in [0.1, 0.15) is 0 Å². The van der Waals surface area contributed by atoms with Crippen molar-refractivity contribution in [2.24, 2.45) is 22.9 Å². The lowest BCUT2D eigenvalue weighted by Crippen LogP contribution is -2.78. The standard InChI is InChI=1S/C12H26N8O3/c13-7(3-1-5-18-11(14)15)9(21)20-8(10(22)23)4-2-6-19-12(16)17/h7-8H,1-6,13H2,(H,20,21)(H,22,23)(H4,14,15,18)(H4,16,17,19)/p+2. The monoisotopic (exact) mass is 332 g/mol. The molecule has 0 saturated carbocycles. The van der Waals surface area contributed by atoms with Gasteiger partial charge in [-0.3, -0.25) is 37.7 Å². The van der Waals surface area contributed by atoms with E-state index in [9.17, 15) is 14.7 Å². The van der Waals surface area contributed by atoms with Gasteiger partial charge in [-0.05, 0) is 19.3 Å². The van der Waals surface area contributed by atoms with E-state index < -0.39 is 24.0 Å². The van der Waals surface area contributed by atoms with E-state index in [4.69, 9.17) is 22.9 Å². The van der Waals surface area contributed by atoms with Crippen molar-refractivity contribution in [3.8, 4) is 0 Å². The van der Waals surface area contributed by atoms with Crippen molar-refractivity contribution in [3.05, 3.63) is 0 Å². The van der Waals surface area contributed by atoms with Crippen LogP contribution in [-0.4, -0.2) is 49.0 Å². The lowest BCUT2D eigenvalue weighted by atomic mass is 10.1. The van der Waals surface area contributed by atoms with Crippen molar-refractivity contribution < 1.29 is 30.4 Å². The van der Waals surface area contributed by atoms with Gasteiger partial charge in [-0.1, -0.05) is 0 Å². The lowest BCUT2D eigenvalue weighted by molar-refractivity contribution is -0.463. The Balaban J connectivity index is 4.24. The van der Waals surface area contributed by atoms with Crippen LogP contribution in [0, 0.1) is 0 Å². The Morgan fingerprint density at radius 3 is 1.91 bits per heavy atom. The third-order valence-corrected chi connectivity index (χ3v) is 3.03. The van der Waals surface area contributed by atoms with Gasteiger partial charge in [-0.2, -0.15) is 0 Å². The minimum atomic E-state index is -1.34. The highest BCUT2D eigenvalue weighted by Crippen LogP contribution is 1.97. The van der Waals surface area contributed by atoms with E-state index in [1.165, 1.54) is 0 Å². The maximum atomic E-state index is 11.9. The molecule has 11 nitrogen and oxygen atoms in total. The zero-order chi connectivity index (χ0) is 17.8. The Hall–Kier alpha value is -2.56. The summed E-state index contributed by atoms with van der Waals surface area (Å²) < 4.78 is 0. The maximum absolute atomic E-state index is 11.9. The molecule has 0 radical (unpaired) electrons. The van der Waals surface area contributed by atoms with Gasteiger partial charge >= 0.3 is 11.9 Å². The number of carboxylic acid groups (broad SMARTS) is 1. The van der Waals surface area contributed by atoms with E-state index >= 15 is 0 Å². The molecule has 0 bridgehead atoms. The number of nitrogens with two attached hydrogens (primary N) is 4. The van der Waals surface area contributed by atoms with Crippen molar-refractivity contribution >= 4 is 23.8 Å². The fourth-order valence-corrected chi connectivity index (χ4v) is 1.79. The number of aliphatic carboxylic acids is 1. The predicted molar refractivity (Wildman–Crippen MR) is 80.5 cm³/mol. The molecule has 0 aliphatic heterocycles. The van der Waals surface area contributed by atoms with Crippen LogP contribution in [0.4, 0.5) is 0 Å². The summed E-state index contributed by atoms with van der Waals surface area (Å²) in [5.74, 6) is -1.62. The highest BCUT2D eigenvalue weighted by Gasteiger charge is 2.21. The number of hydrogen-bond donors (Lipinski definition) is 8. The molecular formula is C12H28N8O3+2. The molecule has 2 unspecified atom stereocenters. The number of rotatable bonds is 11. The number of quaternary nitrogens is 1. The first-order valence-electron chi connectivity index (χ1n) is 7.31. The molecule has 132 valence electrons. The molecule has 0 aliphatic carbocycles. The minimum Gasteiger partial charge on any atom is -0.548 e. The zero-order valence-corrected chi connectivity index (χ0v) is 13.1. The summed E-state index contributed by atoms with van der Waals surface area (Å²) in [4.78, 5) is 28.4. The quantitative estimate of drug-likeness (QED) is 0.103. The van der Waals surface area contributed by atoms with Crippen LogP contribution >= 0.6 is 0 Å². The second kappa shape index (κ2) is 11.1. The topological polar surface area (TPSA) is 229 Å². The van der Waals surface area contributed by atoms with E-state index in [-0.39, 0.29) is 18.3 Å². The second-order valence-corrected chi connectivity index (χ2v) is 5.13. The Kier molecular flexibility index (Phi) is 9.83. The third-order valence-electron chi connectivity index (χ3n) is 3.03. The Morgan fingerprint density at radius 1 is 1.00 bits per heavy atom. The fourth-order valence-electron chi connectivity index (χ4n) is 1.79. The fraction of sp³-hybridized carbons (Fsp3) is 0.667. The largest absolute Gasteiger partial charge is 0.548 e. The van der Waals surface area contributed by atoms with Gasteiger partial charge in [0.2, 0.25) is 0 Å². The van der Waals surface area contributed by atoms with Gasteiger partial charge in [-0.25, -0.2) is 0 Å². The number of carboxylic acids is 1. The van der Waals surface area contributed by atoms with E-state index in [2.05, 4.69) is 21.0 Å². The van der Waals surface area contributed by atoms with Crippen LogP contribution in [0.15, 0.2) is 0 Å². The number of hydrogen-bond acceptors (Lipinski definition) is 3. The van der Waals surface area contributed by atoms with Gasteiger partial charge in [0, 0.05) is 6.42 Å². The third kappa shape index (κ3) is 10.8. The first-order valence-corrected chi connectivity index (χ1v) is 7.31. The molecule has 11 heteroatoms.